The van der Waals surface area contributed by atoms with Gasteiger partial charge in [-0.3, -0.25) is 0 Å². The lowest BCUT2D eigenvalue weighted by Crippen LogP contribution is -2.21. The van der Waals surface area contributed by atoms with Crippen LogP contribution in [0.4, 0.5) is 8.78 Å². The van der Waals surface area contributed by atoms with Gasteiger partial charge < -0.3 is 0 Å². The monoisotopic (exact) mass is 162 g/mol. The molecule has 1 aliphatic rings. The Hall–Kier alpha value is -0.140. The number of alkyl halides is 2. The van der Waals surface area contributed by atoms with Crippen molar-refractivity contribution in [2.45, 2.75) is 45.5 Å². The summed E-state index contributed by atoms with van der Waals surface area (Å²) in [6, 6.07) is 0. The van der Waals surface area contributed by atoms with Crippen LogP contribution in [0.3, 0.4) is 0 Å². The quantitative estimate of drug-likeness (QED) is 0.583. The van der Waals surface area contributed by atoms with Crippen molar-refractivity contribution < 1.29 is 8.78 Å². The van der Waals surface area contributed by atoms with Crippen LogP contribution in [0.2, 0.25) is 0 Å². The van der Waals surface area contributed by atoms with Crippen molar-refractivity contribution in [1.82, 2.24) is 0 Å². The van der Waals surface area contributed by atoms with Crippen molar-refractivity contribution in [1.29, 1.82) is 0 Å². The van der Waals surface area contributed by atoms with E-state index < -0.39 is 5.92 Å². The fraction of sp³-hybridized carbons (Fsp3) is 1.00. The topological polar surface area (TPSA) is 0 Å². The molecule has 0 saturated heterocycles. The summed E-state index contributed by atoms with van der Waals surface area (Å²) in [4.78, 5) is 0. The van der Waals surface area contributed by atoms with E-state index in [-0.39, 0.29) is 5.92 Å². The highest BCUT2D eigenvalue weighted by molar-refractivity contribution is 4.82. The van der Waals surface area contributed by atoms with Crippen molar-refractivity contribution in [3.8, 4) is 0 Å². The summed E-state index contributed by atoms with van der Waals surface area (Å²) in [5, 5.41) is 0. The van der Waals surface area contributed by atoms with Crippen LogP contribution in [-0.4, -0.2) is 5.92 Å². The van der Waals surface area contributed by atoms with Gasteiger partial charge in [-0.05, 0) is 32.1 Å². The number of hydrogen-bond acceptors (Lipinski definition) is 0. The molecule has 0 aliphatic heterocycles. The molecular weight excluding hydrogens is 146 g/mol. The van der Waals surface area contributed by atoms with E-state index in [1.54, 1.807) is 0 Å². The Morgan fingerprint density at radius 1 is 1.36 bits per heavy atom. The maximum absolute atomic E-state index is 12.7. The van der Waals surface area contributed by atoms with Crippen molar-refractivity contribution in [2.24, 2.45) is 11.8 Å². The molecule has 1 rings (SSSR count). The van der Waals surface area contributed by atoms with Gasteiger partial charge in [0.05, 0.1) is 0 Å². The average Bonchev–Trinajstić information content (AvgIpc) is 2.32. The summed E-state index contributed by atoms with van der Waals surface area (Å²) in [7, 11) is 0. The molecule has 2 heteroatoms. The molecule has 0 amide bonds. The smallest absolute Gasteiger partial charge is 0.207 e. The summed E-state index contributed by atoms with van der Waals surface area (Å²) in [5.74, 6) is -2.22. The molecule has 0 nitrogen and oxygen atoms in total. The third kappa shape index (κ3) is 2.14. The lowest BCUT2D eigenvalue weighted by molar-refractivity contribution is -0.0381. The van der Waals surface area contributed by atoms with E-state index in [2.05, 4.69) is 6.92 Å². The van der Waals surface area contributed by atoms with E-state index in [1.807, 2.05) is 0 Å². The molecule has 0 aromatic rings. The minimum Gasteiger partial charge on any atom is -0.207 e. The Morgan fingerprint density at radius 2 is 2.00 bits per heavy atom. The van der Waals surface area contributed by atoms with Crippen LogP contribution in [0.5, 0.6) is 0 Å². The lowest BCUT2D eigenvalue weighted by atomic mass is 9.98. The first kappa shape index (κ1) is 8.95. The summed E-state index contributed by atoms with van der Waals surface area (Å²) >= 11 is 0. The van der Waals surface area contributed by atoms with Crippen molar-refractivity contribution in [3.05, 3.63) is 0 Å². The first-order valence-electron chi connectivity index (χ1n) is 4.41. The molecule has 1 saturated carbocycles. The SMILES string of the molecule is CC[C@H]1CC[C@@H](C(C)(F)F)C1. The Morgan fingerprint density at radius 3 is 2.27 bits per heavy atom. The first-order valence-corrected chi connectivity index (χ1v) is 4.41. The van der Waals surface area contributed by atoms with E-state index in [0.717, 1.165) is 32.6 Å². The summed E-state index contributed by atoms with van der Waals surface area (Å²) < 4.78 is 25.5. The molecule has 0 aromatic heterocycles. The third-order valence-electron chi connectivity index (χ3n) is 2.84. The van der Waals surface area contributed by atoms with Gasteiger partial charge in [0, 0.05) is 5.92 Å². The van der Waals surface area contributed by atoms with Crippen LogP contribution >= 0.6 is 0 Å². The van der Waals surface area contributed by atoms with Gasteiger partial charge in [0.15, 0.2) is 0 Å². The highest BCUT2D eigenvalue weighted by atomic mass is 19.3. The molecule has 66 valence electrons. The maximum atomic E-state index is 12.7. The average molecular weight is 162 g/mol. The predicted octanol–water partition coefficient (Wildman–Crippen LogP) is 3.47. The van der Waals surface area contributed by atoms with Crippen LogP contribution in [0.25, 0.3) is 0 Å². The maximum Gasteiger partial charge on any atom is 0.248 e. The van der Waals surface area contributed by atoms with Gasteiger partial charge >= 0.3 is 0 Å². The van der Waals surface area contributed by atoms with E-state index >= 15 is 0 Å². The molecule has 2 atom stereocenters. The summed E-state index contributed by atoms with van der Waals surface area (Å²) in [5.41, 5.74) is 0. The van der Waals surface area contributed by atoms with E-state index in [1.165, 1.54) is 0 Å². The molecular formula is C9H16F2. The molecule has 0 spiro atoms. The highest BCUT2D eigenvalue weighted by Crippen LogP contribution is 2.41. The van der Waals surface area contributed by atoms with Gasteiger partial charge in [-0.2, -0.15) is 0 Å². The van der Waals surface area contributed by atoms with Crippen molar-refractivity contribution in [3.63, 3.8) is 0 Å². The second kappa shape index (κ2) is 3.08. The van der Waals surface area contributed by atoms with E-state index in [9.17, 15) is 8.78 Å². The zero-order valence-electron chi connectivity index (χ0n) is 7.24. The van der Waals surface area contributed by atoms with Crippen molar-refractivity contribution >= 4 is 0 Å². The molecule has 1 aliphatic carbocycles. The van der Waals surface area contributed by atoms with Gasteiger partial charge in [-0.15, -0.1) is 0 Å². The minimum atomic E-state index is -2.44. The Bertz CT molecular complexity index is 126. The Kier molecular flexibility index (Phi) is 2.50. The molecule has 1 fully saturated rings. The fourth-order valence-corrected chi connectivity index (χ4v) is 1.91. The highest BCUT2D eigenvalue weighted by Gasteiger charge is 2.38. The van der Waals surface area contributed by atoms with Crippen LogP contribution in [0.15, 0.2) is 0 Å². The first-order chi connectivity index (χ1) is 5.04. The number of rotatable bonds is 2. The summed E-state index contributed by atoms with van der Waals surface area (Å²) in [6.45, 7) is 3.14. The Labute approximate surface area is 67.0 Å². The number of hydrogen-bond donors (Lipinski definition) is 0. The van der Waals surface area contributed by atoms with Crippen LogP contribution in [-0.2, 0) is 0 Å². The standard InChI is InChI=1S/C9H16F2/c1-3-7-4-5-8(6-7)9(2,10)11/h7-8H,3-6H2,1-2H3/t7-,8+/m0/s1. The summed E-state index contributed by atoms with van der Waals surface area (Å²) in [6.07, 6.45) is 3.53. The Balaban J connectivity index is 2.42. The number of halogens is 2. The van der Waals surface area contributed by atoms with Gasteiger partial charge in [0.25, 0.3) is 0 Å². The molecule has 0 radical (unpaired) electrons. The fourth-order valence-electron chi connectivity index (χ4n) is 1.91. The second-order valence-corrected chi connectivity index (χ2v) is 3.74. The van der Waals surface area contributed by atoms with Crippen molar-refractivity contribution in [2.75, 3.05) is 0 Å². The zero-order chi connectivity index (χ0) is 8.48. The van der Waals surface area contributed by atoms with E-state index in [4.69, 9.17) is 0 Å². The molecule has 0 heterocycles. The molecule has 0 unspecified atom stereocenters. The molecule has 11 heavy (non-hydrogen) atoms. The van der Waals surface area contributed by atoms with Crippen LogP contribution in [0.1, 0.15) is 39.5 Å². The molecule has 0 aromatic carbocycles. The third-order valence-corrected chi connectivity index (χ3v) is 2.84. The van der Waals surface area contributed by atoms with Gasteiger partial charge in [-0.1, -0.05) is 13.3 Å². The van der Waals surface area contributed by atoms with Crippen LogP contribution < -0.4 is 0 Å². The minimum absolute atomic E-state index is 0.340. The normalized spacial score (nSPS) is 32.7. The molecule has 0 bridgehead atoms. The van der Waals surface area contributed by atoms with E-state index in [0.29, 0.717) is 5.92 Å². The van der Waals surface area contributed by atoms with Gasteiger partial charge in [0.1, 0.15) is 0 Å². The molecule has 0 N–H and O–H groups in total. The second-order valence-electron chi connectivity index (χ2n) is 3.74. The predicted molar refractivity (Wildman–Crippen MR) is 41.7 cm³/mol. The lowest BCUT2D eigenvalue weighted by Gasteiger charge is -2.18. The van der Waals surface area contributed by atoms with Crippen LogP contribution in [0, 0.1) is 11.8 Å². The van der Waals surface area contributed by atoms with Gasteiger partial charge in [0.2, 0.25) is 5.92 Å². The largest absolute Gasteiger partial charge is 0.248 e. The van der Waals surface area contributed by atoms with Gasteiger partial charge in [-0.25, -0.2) is 8.78 Å². The zero-order valence-corrected chi connectivity index (χ0v) is 7.24.